The van der Waals surface area contributed by atoms with Gasteiger partial charge >= 0.3 is 0 Å². The summed E-state index contributed by atoms with van der Waals surface area (Å²) in [5.74, 6) is 0.682. The predicted molar refractivity (Wildman–Crippen MR) is 93.5 cm³/mol. The minimum absolute atomic E-state index is 0.0252. The van der Waals surface area contributed by atoms with Crippen molar-refractivity contribution in [2.24, 2.45) is 13.0 Å². The van der Waals surface area contributed by atoms with Crippen LogP contribution in [0, 0.1) is 5.92 Å². The molecule has 1 fully saturated rings. The third-order valence-electron chi connectivity index (χ3n) is 4.47. The van der Waals surface area contributed by atoms with Gasteiger partial charge in [0.2, 0.25) is 0 Å². The molecule has 1 aliphatic heterocycles. The van der Waals surface area contributed by atoms with Crippen LogP contribution in [-0.4, -0.2) is 40.7 Å². The molecule has 1 aromatic heterocycles. The SMILES string of the molecule is COc1ccc(Cl)cc1C(=O)[C@H]1CCCN(Cc2cnn(C)c2)C1. The number of hydrogen-bond acceptors (Lipinski definition) is 4. The molecule has 0 N–H and O–H groups in total. The van der Waals surface area contributed by atoms with E-state index in [9.17, 15) is 4.79 Å². The standard InChI is InChI=1S/C18H22ClN3O2/c1-21-10-13(9-20-21)11-22-7-3-4-14(12-22)18(23)16-8-15(19)5-6-17(16)24-2/h5-6,8-10,14H,3-4,7,11-12H2,1-2H3/t14-/m0/s1. The van der Waals surface area contributed by atoms with Gasteiger partial charge < -0.3 is 4.74 Å². The van der Waals surface area contributed by atoms with Crippen LogP contribution in [0.15, 0.2) is 30.6 Å². The van der Waals surface area contributed by atoms with E-state index in [0.29, 0.717) is 16.3 Å². The normalized spacial score (nSPS) is 18.5. The highest BCUT2D eigenvalue weighted by atomic mass is 35.5. The molecule has 6 heteroatoms. The zero-order valence-corrected chi connectivity index (χ0v) is 14.8. The number of likely N-dealkylation sites (tertiary alicyclic amines) is 1. The third kappa shape index (κ3) is 3.79. The van der Waals surface area contributed by atoms with E-state index < -0.39 is 0 Å². The maximum atomic E-state index is 13.0. The minimum atomic E-state index is -0.0252. The number of aromatic nitrogens is 2. The van der Waals surface area contributed by atoms with Crippen molar-refractivity contribution in [3.63, 3.8) is 0 Å². The molecule has 2 aromatic rings. The summed E-state index contributed by atoms with van der Waals surface area (Å²) in [6, 6.07) is 5.21. The van der Waals surface area contributed by atoms with E-state index in [0.717, 1.165) is 32.5 Å². The van der Waals surface area contributed by atoms with E-state index in [1.165, 1.54) is 5.56 Å². The van der Waals surface area contributed by atoms with Crippen molar-refractivity contribution < 1.29 is 9.53 Å². The van der Waals surface area contributed by atoms with Crippen LogP contribution in [0.5, 0.6) is 5.75 Å². The Labute approximate surface area is 147 Å². The quantitative estimate of drug-likeness (QED) is 0.779. The molecule has 0 saturated carbocycles. The number of carbonyl (C=O) groups is 1. The monoisotopic (exact) mass is 347 g/mol. The van der Waals surface area contributed by atoms with Crippen LogP contribution in [0.2, 0.25) is 5.02 Å². The van der Waals surface area contributed by atoms with Gasteiger partial charge in [-0.15, -0.1) is 0 Å². The molecule has 1 aliphatic rings. The van der Waals surface area contributed by atoms with E-state index in [1.54, 1.807) is 30.0 Å². The highest BCUT2D eigenvalue weighted by molar-refractivity contribution is 6.31. The first kappa shape index (κ1) is 17.0. The molecule has 1 saturated heterocycles. The molecule has 2 heterocycles. The topological polar surface area (TPSA) is 47.4 Å². The number of benzene rings is 1. The van der Waals surface area contributed by atoms with Crippen LogP contribution in [-0.2, 0) is 13.6 Å². The Morgan fingerprint density at radius 2 is 2.29 bits per heavy atom. The van der Waals surface area contributed by atoms with Crippen molar-refractivity contribution >= 4 is 17.4 Å². The third-order valence-corrected chi connectivity index (χ3v) is 4.70. The van der Waals surface area contributed by atoms with Crippen LogP contribution in [0.25, 0.3) is 0 Å². The zero-order valence-electron chi connectivity index (χ0n) is 14.0. The first-order chi connectivity index (χ1) is 11.6. The lowest BCUT2D eigenvalue weighted by Crippen LogP contribution is -2.38. The molecular weight excluding hydrogens is 326 g/mol. The average molecular weight is 348 g/mol. The number of carbonyl (C=O) groups excluding carboxylic acids is 1. The van der Waals surface area contributed by atoms with Crippen molar-refractivity contribution in [3.8, 4) is 5.75 Å². The molecule has 0 unspecified atom stereocenters. The molecule has 0 radical (unpaired) electrons. The van der Waals surface area contributed by atoms with E-state index >= 15 is 0 Å². The van der Waals surface area contributed by atoms with Gasteiger partial charge in [0.1, 0.15) is 5.75 Å². The Morgan fingerprint density at radius 3 is 3.00 bits per heavy atom. The molecule has 3 rings (SSSR count). The molecule has 0 aliphatic carbocycles. The molecule has 5 nitrogen and oxygen atoms in total. The Kier molecular flexibility index (Phi) is 5.21. The smallest absolute Gasteiger partial charge is 0.170 e. The number of ketones is 1. The average Bonchev–Trinajstić information content (AvgIpc) is 2.99. The first-order valence-corrected chi connectivity index (χ1v) is 8.52. The number of aryl methyl sites for hydroxylation is 1. The summed E-state index contributed by atoms with van der Waals surface area (Å²) in [5.41, 5.74) is 1.75. The fourth-order valence-corrected chi connectivity index (χ4v) is 3.49. The van der Waals surface area contributed by atoms with E-state index in [-0.39, 0.29) is 11.7 Å². The second kappa shape index (κ2) is 7.36. The molecular formula is C18H22ClN3O2. The lowest BCUT2D eigenvalue weighted by atomic mass is 9.89. The van der Waals surface area contributed by atoms with Gasteiger partial charge in [-0.2, -0.15) is 5.10 Å². The lowest BCUT2D eigenvalue weighted by molar-refractivity contribution is 0.0808. The summed E-state index contributed by atoms with van der Waals surface area (Å²) < 4.78 is 7.14. The van der Waals surface area contributed by atoms with Crippen LogP contribution in [0.1, 0.15) is 28.8 Å². The summed E-state index contributed by atoms with van der Waals surface area (Å²) in [7, 11) is 3.49. The number of nitrogens with zero attached hydrogens (tertiary/aromatic N) is 3. The largest absolute Gasteiger partial charge is 0.496 e. The summed E-state index contributed by atoms with van der Waals surface area (Å²) in [6.45, 7) is 2.58. The predicted octanol–water partition coefficient (Wildman–Crippen LogP) is 3.18. The van der Waals surface area contributed by atoms with Crippen molar-refractivity contribution in [1.82, 2.24) is 14.7 Å². The lowest BCUT2D eigenvalue weighted by Gasteiger charge is -2.31. The summed E-state index contributed by atoms with van der Waals surface area (Å²) in [5, 5.41) is 4.77. The molecule has 1 aromatic carbocycles. The van der Waals surface area contributed by atoms with E-state index in [2.05, 4.69) is 10.00 Å². The van der Waals surface area contributed by atoms with Gasteiger partial charge in [0.25, 0.3) is 0 Å². The zero-order chi connectivity index (χ0) is 17.1. The van der Waals surface area contributed by atoms with Crippen molar-refractivity contribution in [2.45, 2.75) is 19.4 Å². The van der Waals surface area contributed by atoms with Gasteiger partial charge in [0.05, 0.1) is 18.9 Å². The Bertz CT molecular complexity index is 729. The highest BCUT2D eigenvalue weighted by Crippen LogP contribution is 2.29. The molecule has 0 bridgehead atoms. The molecule has 128 valence electrons. The van der Waals surface area contributed by atoms with Crippen LogP contribution >= 0.6 is 11.6 Å². The number of piperidine rings is 1. The fourth-order valence-electron chi connectivity index (χ4n) is 3.32. The van der Waals surface area contributed by atoms with Crippen LogP contribution in [0.4, 0.5) is 0 Å². The second-order valence-electron chi connectivity index (χ2n) is 6.31. The number of Topliss-reactive ketones (excluding diaryl/α,β-unsaturated/α-hetero) is 1. The van der Waals surface area contributed by atoms with E-state index in [4.69, 9.17) is 16.3 Å². The van der Waals surface area contributed by atoms with Gasteiger partial charge in [-0.3, -0.25) is 14.4 Å². The van der Waals surface area contributed by atoms with Gasteiger partial charge in [-0.05, 0) is 37.6 Å². The summed E-state index contributed by atoms with van der Waals surface area (Å²) in [6.07, 6.45) is 5.81. The number of ether oxygens (including phenoxy) is 1. The minimum Gasteiger partial charge on any atom is -0.496 e. The van der Waals surface area contributed by atoms with E-state index in [1.807, 2.05) is 19.4 Å². The van der Waals surface area contributed by atoms with Crippen molar-refractivity contribution in [3.05, 3.63) is 46.7 Å². The Hall–Kier alpha value is -1.85. The molecule has 0 amide bonds. The number of rotatable bonds is 5. The van der Waals surface area contributed by atoms with Crippen LogP contribution in [0.3, 0.4) is 0 Å². The van der Waals surface area contributed by atoms with Crippen molar-refractivity contribution in [2.75, 3.05) is 20.2 Å². The number of hydrogen-bond donors (Lipinski definition) is 0. The number of halogens is 1. The second-order valence-corrected chi connectivity index (χ2v) is 6.74. The first-order valence-electron chi connectivity index (χ1n) is 8.14. The number of methoxy groups -OCH3 is 1. The maximum absolute atomic E-state index is 13.0. The Morgan fingerprint density at radius 1 is 1.46 bits per heavy atom. The van der Waals surface area contributed by atoms with Gasteiger partial charge in [-0.25, -0.2) is 0 Å². The van der Waals surface area contributed by atoms with Crippen LogP contribution < -0.4 is 4.74 Å². The maximum Gasteiger partial charge on any atom is 0.170 e. The van der Waals surface area contributed by atoms with Gasteiger partial charge in [0.15, 0.2) is 5.78 Å². The molecule has 1 atom stereocenters. The molecule has 24 heavy (non-hydrogen) atoms. The molecule has 0 spiro atoms. The fraction of sp³-hybridized carbons (Fsp3) is 0.444. The van der Waals surface area contributed by atoms with Gasteiger partial charge in [0, 0.05) is 42.8 Å². The summed E-state index contributed by atoms with van der Waals surface area (Å²) in [4.78, 5) is 15.3. The summed E-state index contributed by atoms with van der Waals surface area (Å²) >= 11 is 6.07. The Balaban J connectivity index is 1.72. The highest BCUT2D eigenvalue weighted by Gasteiger charge is 2.28. The van der Waals surface area contributed by atoms with Crippen molar-refractivity contribution in [1.29, 1.82) is 0 Å². The van der Waals surface area contributed by atoms with Gasteiger partial charge in [-0.1, -0.05) is 11.6 Å².